The van der Waals surface area contributed by atoms with E-state index in [-0.39, 0.29) is 0 Å². The molecule has 1 heteroatoms. The van der Waals surface area contributed by atoms with E-state index < -0.39 is 0 Å². The fourth-order valence-electron chi connectivity index (χ4n) is 3.15. The molecule has 0 aromatic carbocycles. The molecule has 0 saturated carbocycles. The van der Waals surface area contributed by atoms with Gasteiger partial charge < -0.3 is 5.32 Å². The highest BCUT2D eigenvalue weighted by molar-refractivity contribution is 5.28. The maximum Gasteiger partial charge on any atom is 0.0108 e. The molecule has 1 nitrogen and oxygen atoms in total. The molecule has 2 saturated heterocycles. The Labute approximate surface area is 86.3 Å². The summed E-state index contributed by atoms with van der Waals surface area (Å²) in [6.45, 7) is 0. The average molecular weight is 189 g/mol. The first kappa shape index (κ1) is 8.72. The van der Waals surface area contributed by atoms with Crippen LogP contribution in [-0.4, -0.2) is 12.1 Å². The van der Waals surface area contributed by atoms with Crippen LogP contribution in [0.4, 0.5) is 0 Å². The highest BCUT2D eigenvalue weighted by Crippen LogP contribution is 2.32. The molecule has 2 unspecified atom stereocenters. The summed E-state index contributed by atoms with van der Waals surface area (Å²) in [5, 5.41) is 3.68. The van der Waals surface area contributed by atoms with Crippen molar-refractivity contribution in [3.63, 3.8) is 0 Å². The highest BCUT2D eigenvalue weighted by atomic mass is 15.0. The van der Waals surface area contributed by atoms with Crippen molar-refractivity contribution in [2.24, 2.45) is 0 Å². The third-order valence-electron chi connectivity index (χ3n) is 3.82. The van der Waals surface area contributed by atoms with Crippen LogP contribution in [0.2, 0.25) is 0 Å². The predicted molar refractivity (Wildman–Crippen MR) is 59.2 cm³/mol. The van der Waals surface area contributed by atoms with Gasteiger partial charge in [-0.2, -0.15) is 0 Å². The number of fused-ring (bicyclic) bond motifs is 2. The van der Waals surface area contributed by atoms with Crippen LogP contribution >= 0.6 is 0 Å². The Hall–Kier alpha value is -0.560. The minimum absolute atomic E-state index is 0.807. The summed E-state index contributed by atoms with van der Waals surface area (Å²) in [6.07, 6.45) is 14.4. The van der Waals surface area contributed by atoms with Crippen molar-refractivity contribution in [3.05, 3.63) is 23.3 Å². The lowest BCUT2D eigenvalue weighted by Crippen LogP contribution is -2.34. The Bertz CT molecular complexity index is 274. The van der Waals surface area contributed by atoms with Crippen LogP contribution in [0.1, 0.15) is 44.9 Å². The largest absolute Gasteiger partial charge is 0.311 e. The maximum absolute atomic E-state index is 3.68. The zero-order valence-corrected chi connectivity index (χ0v) is 8.76. The van der Waals surface area contributed by atoms with E-state index in [1.165, 1.54) is 44.9 Å². The van der Waals surface area contributed by atoms with E-state index >= 15 is 0 Å². The van der Waals surface area contributed by atoms with Gasteiger partial charge in [-0.3, -0.25) is 0 Å². The minimum Gasteiger partial charge on any atom is -0.311 e. The fraction of sp³-hybridized carbons (Fsp3) is 0.692. The fourth-order valence-corrected chi connectivity index (χ4v) is 3.15. The van der Waals surface area contributed by atoms with E-state index in [9.17, 15) is 0 Å². The van der Waals surface area contributed by atoms with Gasteiger partial charge in [0, 0.05) is 12.1 Å². The van der Waals surface area contributed by atoms with Gasteiger partial charge in [0.15, 0.2) is 0 Å². The zero-order chi connectivity index (χ0) is 9.38. The summed E-state index contributed by atoms with van der Waals surface area (Å²) in [5.74, 6) is 0. The Balaban J connectivity index is 1.73. The number of rotatable bonds is 1. The predicted octanol–water partition coefficient (Wildman–Crippen LogP) is 2.94. The van der Waals surface area contributed by atoms with Gasteiger partial charge in [-0.15, -0.1) is 0 Å². The number of nitrogens with one attached hydrogen (secondary N) is 1. The highest BCUT2D eigenvalue weighted by Gasteiger charge is 2.30. The van der Waals surface area contributed by atoms with Crippen LogP contribution in [0, 0.1) is 0 Å². The topological polar surface area (TPSA) is 12.0 Å². The molecule has 1 N–H and O–H groups in total. The molecule has 2 bridgehead atoms. The van der Waals surface area contributed by atoms with E-state index in [0.717, 1.165) is 12.1 Å². The van der Waals surface area contributed by atoms with Gasteiger partial charge in [-0.25, -0.2) is 0 Å². The van der Waals surface area contributed by atoms with E-state index in [1.54, 1.807) is 11.1 Å². The molecular weight excluding hydrogens is 170 g/mol. The molecular formula is C13H19N. The number of allylic oxidation sites excluding steroid dienone is 3. The molecule has 14 heavy (non-hydrogen) atoms. The molecule has 3 aliphatic rings. The molecule has 0 radical (unpaired) electrons. The van der Waals surface area contributed by atoms with Gasteiger partial charge in [0.1, 0.15) is 0 Å². The van der Waals surface area contributed by atoms with Crippen molar-refractivity contribution in [2.75, 3.05) is 0 Å². The zero-order valence-electron chi connectivity index (χ0n) is 8.76. The third-order valence-corrected chi connectivity index (χ3v) is 3.82. The normalized spacial score (nSPS) is 36.0. The number of hydrogen-bond donors (Lipinski definition) is 1. The molecule has 0 aromatic rings. The quantitative estimate of drug-likeness (QED) is 0.668. The lowest BCUT2D eigenvalue weighted by Gasteiger charge is -2.23. The van der Waals surface area contributed by atoms with Crippen LogP contribution < -0.4 is 5.32 Å². The van der Waals surface area contributed by atoms with Crippen LogP contribution in [0.25, 0.3) is 0 Å². The minimum atomic E-state index is 0.807. The summed E-state index contributed by atoms with van der Waals surface area (Å²) in [7, 11) is 0. The van der Waals surface area contributed by atoms with Crippen molar-refractivity contribution in [3.8, 4) is 0 Å². The van der Waals surface area contributed by atoms with Crippen molar-refractivity contribution in [1.29, 1.82) is 0 Å². The standard InChI is InChI=1S/C13H19N/c1-2-4-10(3-1)7-11-8-12-5-6-13(9-11)14-12/h3,7,12-14H,1-2,4-6,8-9H2. The second kappa shape index (κ2) is 3.54. The van der Waals surface area contributed by atoms with Gasteiger partial charge in [0.25, 0.3) is 0 Å². The summed E-state index contributed by atoms with van der Waals surface area (Å²) in [6, 6.07) is 1.61. The molecule has 2 atom stereocenters. The van der Waals surface area contributed by atoms with Crippen molar-refractivity contribution >= 4 is 0 Å². The second-order valence-corrected chi connectivity index (χ2v) is 5.02. The molecule has 2 heterocycles. The molecule has 0 spiro atoms. The maximum atomic E-state index is 3.68. The summed E-state index contributed by atoms with van der Waals surface area (Å²) in [5.41, 5.74) is 3.32. The average Bonchev–Trinajstić information content (AvgIpc) is 2.77. The van der Waals surface area contributed by atoms with Crippen molar-refractivity contribution < 1.29 is 0 Å². The van der Waals surface area contributed by atoms with E-state index in [0.29, 0.717) is 0 Å². The Morgan fingerprint density at radius 3 is 2.64 bits per heavy atom. The van der Waals surface area contributed by atoms with E-state index in [2.05, 4.69) is 17.5 Å². The Morgan fingerprint density at radius 2 is 2.00 bits per heavy atom. The molecule has 0 amide bonds. The lowest BCUT2D eigenvalue weighted by atomic mass is 9.97. The SMILES string of the molecule is C1=C(C=C2CC3CCC(C2)N3)CCC1. The molecule has 2 fully saturated rings. The first-order valence-electron chi connectivity index (χ1n) is 6.05. The lowest BCUT2D eigenvalue weighted by molar-refractivity contribution is 0.474. The van der Waals surface area contributed by atoms with Crippen LogP contribution in [0.15, 0.2) is 23.3 Å². The van der Waals surface area contributed by atoms with Crippen molar-refractivity contribution in [2.45, 2.75) is 57.0 Å². The van der Waals surface area contributed by atoms with Crippen LogP contribution in [0.3, 0.4) is 0 Å². The van der Waals surface area contributed by atoms with Crippen molar-refractivity contribution in [1.82, 2.24) is 5.32 Å². The van der Waals surface area contributed by atoms with E-state index in [4.69, 9.17) is 0 Å². The first-order chi connectivity index (χ1) is 6.90. The molecule has 1 aliphatic carbocycles. The molecule has 3 rings (SSSR count). The van der Waals surface area contributed by atoms with Gasteiger partial charge in [0.05, 0.1) is 0 Å². The first-order valence-corrected chi connectivity index (χ1v) is 6.05. The van der Waals surface area contributed by atoms with Gasteiger partial charge in [-0.1, -0.05) is 23.3 Å². The molecule has 0 aromatic heterocycles. The smallest absolute Gasteiger partial charge is 0.0108 e. The van der Waals surface area contributed by atoms with Crippen LogP contribution in [-0.2, 0) is 0 Å². The Morgan fingerprint density at radius 1 is 1.21 bits per heavy atom. The van der Waals surface area contributed by atoms with Crippen LogP contribution in [0.5, 0.6) is 0 Å². The van der Waals surface area contributed by atoms with Gasteiger partial charge in [-0.05, 0) is 44.9 Å². The van der Waals surface area contributed by atoms with E-state index in [1.807, 2.05) is 0 Å². The Kier molecular flexibility index (Phi) is 2.21. The summed E-state index contributed by atoms with van der Waals surface area (Å²) in [4.78, 5) is 0. The second-order valence-electron chi connectivity index (χ2n) is 5.02. The molecule has 2 aliphatic heterocycles. The monoisotopic (exact) mass is 189 g/mol. The summed E-state index contributed by atoms with van der Waals surface area (Å²) < 4.78 is 0. The third kappa shape index (κ3) is 1.66. The van der Waals surface area contributed by atoms with Gasteiger partial charge in [0.2, 0.25) is 0 Å². The number of hydrogen-bond acceptors (Lipinski definition) is 1. The summed E-state index contributed by atoms with van der Waals surface area (Å²) >= 11 is 0. The number of piperidine rings is 1. The molecule has 76 valence electrons. The van der Waals surface area contributed by atoms with Gasteiger partial charge >= 0.3 is 0 Å².